The summed E-state index contributed by atoms with van der Waals surface area (Å²) in [4.78, 5) is 16.7. The smallest absolute Gasteiger partial charge is 0.363 e. The summed E-state index contributed by atoms with van der Waals surface area (Å²) >= 11 is 6.32. The predicted molar refractivity (Wildman–Crippen MR) is 122 cm³/mol. The summed E-state index contributed by atoms with van der Waals surface area (Å²) in [6.45, 7) is 2.32. The van der Waals surface area contributed by atoms with Crippen molar-refractivity contribution in [3.05, 3.63) is 88.6 Å². The molecule has 5 nitrogen and oxygen atoms in total. The van der Waals surface area contributed by atoms with E-state index in [2.05, 4.69) is 4.99 Å². The topological polar surface area (TPSA) is 57.1 Å². The maximum absolute atomic E-state index is 12.4. The number of rotatable bonds is 6. The maximum Gasteiger partial charge on any atom is 0.363 e. The zero-order valence-corrected chi connectivity index (χ0v) is 17.8. The summed E-state index contributed by atoms with van der Waals surface area (Å²) in [6.07, 6.45) is 1.61. The van der Waals surface area contributed by atoms with Crippen LogP contribution in [0.5, 0.6) is 11.5 Å². The molecule has 0 bridgehead atoms. The molecule has 0 fully saturated rings. The number of esters is 1. The fourth-order valence-electron chi connectivity index (χ4n) is 3.23. The van der Waals surface area contributed by atoms with Crippen LogP contribution in [-0.4, -0.2) is 25.6 Å². The van der Waals surface area contributed by atoms with Crippen LogP contribution in [0.3, 0.4) is 0 Å². The lowest BCUT2D eigenvalue weighted by molar-refractivity contribution is -0.129. The van der Waals surface area contributed by atoms with Crippen molar-refractivity contribution >= 4 is 29.5 Å². The molecule has 0 amide bonds. The Morgan fingerprint density at radius 1 is 1.00 bits per heavy atom. The number of hydrogen-bond acceptors (Lipinski definition) is 5. The van der Waals surface area contributed by atoms with Gasteiger partial charge in [0.1, 0.15) is 0 Å². The average molecular weight is 434 g/mol. The van der Waals surface area contributed by atoms with E-state index in [9.17, 15) is 4.79 Å². The number of nitrogens with zero attached hydrogens (tertiary/aromatic N) is 1. The van der Waals surface area contributed by atoms with Gasteiger partial charge in [-0.2, -0.15) is 0 Å². The molecule has 0 unspecified atom stereocenters. The number of benzene rings is 3. The number of ether oxygens (including phenoxy) is 3. The van der Waals surface area contributed by atoms with Crippen molar-refractivity contribution in [3.8, 4) is 22.6 Å². The Morgan fingerprint density at radius 3 is 2.35 bits per heavy atom. The van der Waals surface area contributed by atoms with E-state index in [0.29, 0.717) is 28.7 Å². The molecule has 4 rings (SSSR count). The second-order valence-corrected chi connectivity index (χ2v) is 7.15. The van der Waals surface area contributed by atoms with Gasteiger partial charge in [0.25, 0.3) is 0 Å². The van der Waals surface area contributed by atoms with E-state index < -0.39 is 5.97 Å². The Bertz CT molecular complexity index is 1170. The Hall–Kier alpha value is -3.57. The van der Waals surface area contributed by atoms with E-state index >= 15 is 0 Å². The van der Waals surface area contributed by atoms with Crippen molar-refractivity contribution in [3.63, 3.8) is 0 Å². The van der Waals surface area contributed by atoms with Crippen molar-refractivity contribution in [2.75, 3.05) is 13.7 Å². The van der Waals surface area contributed by atoms with E-state index in [1.807, 2.05) is 61.5 Å². The lowest BCUT2D eigenvalue weighted by Crippen LogP contribution is -2.05. The van der Waals surface area contributed by atoms with Crippen LogP contribution in [-0.2, 0) is 9.53 Å². The fraction of sp³-hybridized carbons (Fsp3) is 0.120. The molecule has 3 aromatic carbocycles. The normalized spacial score (nSPS) is 14.4. The molecule has 3 aromatic rings. The SMILES string of the molecule is CCOc1c(Cl)cc(/C=C2\N=C(c3ccc(-c4ccccc4)cc3)OC2=O)cc1OC. The first-order valence-electron chi connectivity index (χ1n) is 9.77. The molecule has 1 aliphatic rings. The molecule has 31 heavy (non-hydrogen) atoms. The molecule has 1 heterocycles. The third-order valence-corrected chi connectivity index (χ3v) is 4.98. The number of carbonyl (C=O) groups excluding carboxylic acids is 1. The van der Waals surface area contributed by atoms with Crippen molar-refractivity contribution in [1.82, 2.24) is 0 Å². The monoisotopic (exact) mass is 433 g/mol. The largest absolute Gasteiger partial charge is 0.493 e. The third-order valence-electron chi connectivity index (χ3n) is 4.70. The minimum atomic E-state index is -0.522. The molecule has 6 heteroatoms. The molecule has 0 radical (unpaired) electrons. The van der Waals surface area contributed by atoms with Crippen LogP contribution in [0.25, 0.3) is 17.2 Å². The van der Waals surface area contributed by atoms with Crippen molar-refractivity contribution in [2.24, 2.45) is 4.99 Å². The van der Waals surface area contributed by atoms with Crippen LogP contribution in [0.15, 0.2) is 77.4 Å². The van der Waals surface area contributed by atoms with E-state index in [0.717, 1.165) is 16.7 Å². The summed E-state index contributed by atoms with van der Waals surface area (Å²) in [5.74, 6) is 0.685. The number of hydrogen-bond donors (Lipinski definition) is 0. The Morgan fingerprint density at radius 2 is 1.68 bits per heavy atom. The second-order valence-electron chi connectivity index (χ2n) is 6.75. The first-order chi connectivity index (χ1) is 15.1. The standard InChI is InChI=1S/C25H20ClNO4/c1-3-30-23-20(26)13-16(15-22(23)29-2)14-21-25(28)31-24(27-21)19-11-9-18(10-12-19)17-7-5-4-6-8-17/h4-15H,3H2,1-2H3/b21-14-. The van der Waals surface area contributed by atoms with Crippen molar-refractivity contribution in [2.45, 2.75) is 6.92 Å². The molecular formula is C25H20ClNO4. The van der Waals surface area contributed by atoms with E-state index in [1.54, 1.807) is 18.2 Å². The second kappa shape index (κ2) is 9.06. The zero-order chi connectivity index (χ0) is 21.8. The molecule has 0 N–H and O–H groups in total. The predicted octanol–water partition coefficient (Wildman–Crippen LogP) is 5.76. The van der Waals surface area contributed by atoms with Crippen LogP contribution in [0, 0.1) is 0 Å². The Balaban J connectivity index is 1.61. The van der Waals surface area contributed by atoms with Crippen molar-refractivity contribution in [1.29, 1.82) is 0 Å². The molecule has 1 aliphatic heterocycles. The first kappa shape index (κ1) is 20.7. The van der Waals surface area contributed by atoms with Gasteiger partial charge < -0.3 is 14.2 Å². The molecule has 0 aromatic heterocycles. The minimum absolute atomic E-state index is 0.185. The van der Waals surface area contributed by atoms with Crippen LogP contribution in [0.4, 0.5) is 0 Å². The van der Waals surface area contributed by atoms with Gasteiger partial charge in [0, 0.05) is 5.56 Å². The maximum atomic E-state index is 12.4. The first-order valence-corrected chi connectivity index (χ1v) is 10.2. The van der Waals surface area contributed by atoms with Gasteiger partial charge in [0.15, 0.2) is 17.2 Å². The summed E-state index contributed by atoms with van der Waals surface area (Å²) < 4.78 is 16.3. The number of cyclic esters (lactones) is 1. The van der Waals surface area contributed by atoms with Crippen LogP contribution in [0.1, 0.15) is 18.1 Å². The average Bonchev–Trinajstić information content (AvgIpc) is 3.16. The van der Waals surface area contributed by atoms with Crippen LogP contribution >= 0.6 is 11.6 Å². The Labute approximate surface area is 185 Å². The van der Waals surface area contributed by atoms with Gasteiger partial charge >= 0.3 is 5.97 Å². The van der Waals surface area contributed by atoms with Crippen LogP contribution < -0.4 is 9.47 Å². The molecule has 0 atom stereocenters. The molecule has 0 saturated heterocycles. The highest BCUT2D eigenvalue weighted by atomic mass is 35.5. The van der Waals surface area contributed by atoms with Gasteiger partial charge in [-0.3, -0.25) is 0 Å². The lowest BCUT2D eigenvalue weighted by Gasteiger charge is -2.11. The van der Waals surface area contributed by atoms with Crippen LogP contribution in [0.2, 0.25) is 5.02 Å². The third kappa shape index (κ3) is 4.47. The van der Waals surface area contributed by atoms with E-state index in [4.69, 9.17) is 25.8 Å². The van der Waals surface area contributed by atoms with Gasteiger partial charge in [-0.15, -0.1) is 0 Å². The van der Waals surface area contributed by atoms with E-state index in [1.165, 1.54) is 7.11 Å². The molecule has 0 aliphatic carbocycles. The highest BCUT2D eigenvalue weighted by Gasteiger charge is 2.24. The van der Waals surface area contributed by atoms with Gasteiger partial charge in [-0.05, 0) is 54.0 Å². The van der Waals surface area contributed by atoms with Gasteiger partial charge in [0.05, 0.1) is 18.7 Å². The van der Waals surface area contributed by atoms with Gasteiger partial charge in [-0.25, -0.2) is 9.79 Å². The molecule has 156 valence electrons. The number of methoxy groups -OCH3 is 1. The van der Waals surface area contributed by atoms with E-state index in [-0.39, 0.29) is 11.6 Å². The minimum Gasteiger partial charge on any atom is -0.493 e. The quantitative estimate of drug-likeness (QED) is 0.366. The zero-order valence-electron chi connectivity index (χ0n) is 17.1. The van der Waals surface area contributed by atoms with Crippen molar-refractivity contribution < 1.29 is 19.0 Å². The summed E-state index contributed by atoms with van der Waals surface area (Å²) in [5.41, 5.74) is 3.74. The fourth-order valence-corrected chi connectivity index (χ4v) is 3.51. The van der Waals surface area contributed by atoms with Gasteiger partial charge in [0.2, 0.25) is 5.90 Å². The Kier molecular flexibility index (Phi) is 6.05. The lowest BCUT2D eigenvalue weighted by atomic mass is 10.0. The molecule has 0 saturated carbocycles. The number of halogens is 1. The number of carbonyl (C=O) groups is 1. The summed E-state index contributed by atoms with van der Waals surface area (Å²) in [5, 5.41) is 0.389. The highest BCUT2D eigenvalue weighted by Crippen LogP contribution is 2.37. The van der Waals surface area contributed by atoms with Gasteiger partial charge in [-0.1, -0.05) is 54.1 Å². The highest BCUT2D eigenvalue weighted by molar-refractivity contribution is 6.32. The summed E-state index contributed by atoms with van der Waals surface area (Å²) in [6, 6.07) is 21.2. The summed E-state index contributed by atoms with van der Waals surface area (Å²) in [7, 11) is 1.53. The number of aliphatic imine (C=N–C) groups is 1. The molecular weight excluding hydrogens is 414 g/mol. The molecule has 0 spiro atoms.